The quantitative estimate of drug-likeness (QED) is 0.798. The van der Waals surface area contributed by atoms with Crippen molar-refractivity contribution in [2.24, 2.45) is 0 Å². The Hall–Kier alpha value is -1.46. The van der Waals surface area contributed by atoms with Gasteiger partial charge >= 0.3 is 0 Å². The van der Waals surface area contributed by atoms with Crippen molar-refractivity contribution >= 4 is 0 Å². The lowest BCUT2D eigenvalue weighted by molar-refractivity contribution is 0.196. The Kier molecular flexibility index (Phi) is 6.34. The fourth-order valence-electron chi connectivity index (χ4n) is 3.14. The molecule has 1 saturated heterocycles. The molecule has 0 radical (unpaired) electrons. The summed E-state index contributed by atoms with van der Waals surface area (Å²) >= 11 is 0. The lowest BCUT2D eigenvalue weighted by Gasteiger charge is -2.29. The van der Waals surface area contributed by atoms with Crippen molar-refractivity contribution in [2.45, 2.75) is 32.4 Å². The van der Waals surface area contributed by atoms with Crippen LogP contribution in [0.1, 0.15) is 25.3 Å². The van der Waals surface area contributed by atoms with Crippen LogP contribution in [0.3, 0.4) is 0 Å². The van der Waals surface area contributed by atoms with Gasteiger partial charge in [0.25, 0.3) is 0 Å². The highest BCUT2D eigenvalue weighted by molar-refractivity contribution is 5.55. The molecule has 1 aliphatic rings. The van der Waals surface area contributed by atoms with E-state index >= 15 is 0 Å². The van der Waals surface area contributed by atoms with Crippen molar-refractivity contribution < 1.29 is 14.2 Å². The Morgan fingerprint density at radius 2 is 1.91 bits per heavy atom. The van der Waals surface area contributed by atoms with Gasteiger partial charge in [0, 0.05) is 24.7 Å². The highest BCUT2D eigenvalue weighted by Crippen LogP contribution is 2.40. The van der Waals surface area contributed by atoms with E-state index in [9.17, 15) is 0 Å². The van der Waals surface area contributed by atoms with Gasteiger partial charge in [-0.3, -0.25) is 4.90 Å². The van der Waals surface area contributed by atoms with Crippen LogP contribution in [-0.2, 0) is 6.54 Å². The molecule has 0 aliphatic carbocycles. The van der Waals surface area contributed by atoms with Crippen molar-refractivity contribution in [1.29, 1.82) is 0 Å². The van der Waals surface area contributed by atoms with Gasteiger partial charge in [0.05, 0.1) is 21.3 Å². The summed E-state index contributed by atoms with van der Waals surface area (Å²) < 4.78 is 16.4. The van der Waals surface area contributed by atoms with Crippen molar-refractivity contribution in [3.63, 3.8) is 0 Å². The summed E-state index contributed by atoms with van der Waals surface area (Å²) in [4.78, 5) is 2.53. The van der Waals surface area contributed by atoms with Gasteiger partial charge in [0.1, 0.15) is 0 Å². The Morgan fingerprint density at radius 1 is 1.14 bits per heavy atom. The van der Waals surface area contributed by atoms with Crippen molar-refractivity contribution in [2.75, 3.05) is 41.0 Å². The predicted octanol–water partition coefficient (Wildman–Crippen LogP) is 2.29. The highest BCUT2D eigenvalue weighted by atomic mass is 16.5. The molecule has 1 atom stereocenters. The minimum atomic E-state index is 0.595. The summed E-state index contributed by atoms with van der Waals surface area (Å²) in [6.07, 6.45) is 2.35. The summed E-state index contributed by atoms with van der Waals surface area (Å²) in [6, 6.07) is 4.62. The molecular formula is C17H28N2O3. The number of rotatable bonds is 8. The molecule has 1 aliphatic heterocycles. The number of ether oxygens (including phenoxy) is 3. The van der Waals surface area contributed by atoms with Gasteiger partial charge in [-0.15, -0.1) is 0 Å². The second kappa shape index (κ2) is 8.25. The van der Waals surface area contributed by atoms with E-state index in [1.807, 2.05) is 6.07 Å². The summed E-state index contributed by atoms with van der Waals surface area (Å²) in [7, 11) is 4.97. The van der Waals surface area contributed by atoms with Gasteiger partial charge in [0.2, 0.25) is 5.75 Å². The van der Waals surface area contributed by atoms with Gasteiger partial charge in [-0.05, 0) is 32.0 Å². The van der Waals surface area contributed by atoms with Gasteiger partial charge in [-0.25, -0.2) is 0 Å². The number of hydrogen-bond acceptors (Lipinski definition) is 5. The Bertz CT molecular complexity index is 473. The van der Waals surface area contributed by atoms with Crippen LogP contribution in [-0.4, -0.2) is 51.9 Å². The van der Waals surface area contributed by atoms with E-state index in [1.54, 1.807) is 21.3 Å². The zero-order chi connectivity index (χ0) is 15.9. The molecule has 0 saturated carbocycles. The van der Waals surface area contributed by atoms with E-state index in [4.69, 9.17) is 14.2 Å². The van der Waals surface area contributed by atoms with E-state index in [1.165, 1.54) is 6.42 Å². The maximum absolute atomic E-state index is 5.60. The van der Waals surface area contributed by atoms with Crippen LogP contribution in [0.25, 0.3) is 0 Å². The summed E-state index contributed by atoms with van der Waals surface area (Å²) in [6.45, 7) is 6.35. The summed E-state index contributed by atoms with van der Waals surface area (Å²) in [5, 5.41) is 3.45. The minimum absolute atomic E-state index is 0.595. The number of nitrogens with one attached hydrogen (secondary N) is 1. The molecule has 1 heterocycles. The van der Waals surface area contributed by atoms with Crippen LogP contribution in [0.15, 0.2) is 12.1 Å². The smallest absolute Gasteiger partial charge is 0.203 e. The molecule has 0 amide bonds. The molecule has 124 valence electrons. The van der Waals surface area contributed by atoms with E-state index in [0.717, 1.165) is 43.9 Å². The maximum atomic E-state index is 5.60. The first-order valence-electron chi connectivity index (χ1n) is 7.97. The maximum Gasteiger partial charge on any atom is 0.203 e. The SMILES string of the molecule is CCCN(Cc1ccc(OC)c(OC)c1OC)C1CCNC1. The molecule has 1 fully saturated rings. The van der Waals surface area contributed by atoms with Crippen LogP contribution in [0.2, 0.25) is 0 Å². The van der Waals surface area contributed by atoms with Gasteiger partial charge in [-0.2, -0.15) is 0 Å². The third-order valence-corrected chi connectivity index (χ3v) is 4.22. The fourth-order valence-corrected chi connectivity index (χ4v) is 3.14. The van der Waals surface area contributed by atoms with Crippen LogP contribution < -0.4 is 19.5 Å². The Morgan fingerprint density at radius 3 is 2.45 bits per heavy atom. The minimum Gasteiger partial charge on any atom is -0.493 e. The number of benzene rings is 1. The third-order valence-electron chi connectivity index (χ3n) is 4.22. The number of nitrogens with zero attached hydrogens (tertiary/aromatic N) is 1. The Labute approximate surface area is 133 Å². The Balaban J connectivity index is 2.25. The predicted molar refractivity (Wildman–Crippen MR) is 88.1 cm³/mol. The molecule has 0 aromatic heterocycles. The monoisotopic (exact) mass is 308 g/mol. The molecular weight excluding hydrogens is 280 g/mol. The highest BCUT2D eigenvalue weighted by Gasteiger charge is 2.24. The molecule has 2 rings (SSSR count). The van der Waals surface area contributed by atoms with Crippen LogP contribution in [0, 0.1) is 0 Å². The fraction of sp³-hybridized carbons (Fsp3) is 0.647. The van der Waals surface area contributed by atoms with Crippen LogP contribution in [0.4, 0.5) is 0 Å². The lowest BCUT2D eigenvalue weighted by Crippen LogP contribution is -2.37. The average Bonchev–Trinajstić information content (AvgIpc) is 3.08. The summed E-state index contributed by atoms with van der Waals surface area (Å²) in [5.41, 5.74) is 1.14. The first kappa shape index (κ1) is 16.9. The second-order valence-electron chi connectivity index (χ2n) is 5.61. The van der Waals surface area contributed by atoms with Crippen LogP contribution >= 0.6 is 0 Å². The molecule has 0 spiro atoms. The lowest BCUT2D eigenvalue weighted by atomic mass is 10.1. The van der Waals surface area contributed by atoms with Gasteiger partial charge in [0.15, 0.2) is 11.5 Å². The van der Waals surface area contributed by atoms with E-state index in [0.29, 0.717) is 17.5 Å². The molecule has 1 aromatic rings. The van der Waals surface area contributed by atoms with Gasteiger partial charge in [-0.1, -0.05) is 13.0 Å². The van der Waals surface area contributed by atoms with E-state index in [-0.39, 0.29) is 0 Å². The molecule has 0 bridgehead atoms. The van der Waals surface area contributed by atoms with E-state index in [2.05, 4.69) is 23.2 Å². The topological polar surface area (TPSA) is 43.0 Å². The second-order valence-corrected chi connectivity index (χ2v) is 5.61. The molecule has 5 heteroatoms. The molecule has 22 heavy (non-hydrogen) atoms. The van der Waals surface area contributed by atoms with Crippen LogP contribution in [0.5, 0.6) is 17.2 Å². The van der Waals surface area contributed by atoms with Crippen molar-refractivity contribution in [3.8, 4) is 17.2 Å². The van der Waals surface area contributed by atoms with E-state index < -0.39 is 0 Å². The van der Waals surface area contributed by atoms with Crippen molar-refractivity contribution in [3.05, 3.63) is 17.7 Å². The zero-order valence-electron chi connectivity index (χ0n) is 14.1. The van der Waals surface area contributed by atoms with Crippen molar-refractivity contribution in [1.82, 2.24) is 10.2 Å². The molecule has 1 aromatic carbocycles. The first-order valence-corrected chi connectivity index (χ1v) is 7.97. The standard InChI is InChI=1S/C17H28N2O3/c1-5-10-19(14-8-9-18-11-14)12-13-6-7-15(20-2)17(22-4)16(13)21-3/h6-7,14,18H,5,8-12H2,1-4H3. The molecule has 1 N–H and O–H groups in total. The molecule has 1 unspecified atom stereocenters. The normalized spacial score (nSPS) is 17.8. The number of methoxy groups -OCH3 is 3. The largest absolute Gasteiger partial charge is 0.493 e. The zero-order valence-corrected chi connectivity index (χ0v) is 14.1. The van der Waals surface area contributed by atoms with Gasteiger partial charge < -0.3 is 19.5 Å². The molecule has 5 nitrogen and oxygen atoms in total. The average molecular weight is 308 g/mol. The first-order chi connectivity index (χ1) is 10.7. The number of hydrogen-bond donors (Lipinski definition) is 1. The summed E-state index contributed by atoms with van der Waals surface area (Å²) in [5.74, 6) is 2.14. The third kappa shape index (κ3) is 3.65.